The molecule has 0 aliphatic rings. The predicted molar refractivity (Wildman–Crippen MR) is 36.3 cm³/mol. The van der Waals surface area contributed by atoms with Gasteiger partial charge in [-0.1, -0.05) is 0 Å². The maximum Gasteiger partial charge on any atom is 0.276 e. The maximum atomic E-state index is 10.6. The van der Waals surface area contributed by atoms with Crippen LogP contribution >= 0.6 is 0 Å². The Hall–Kier alpha value is -0.130. The van der Waals surface area contributed by atoms with E-state index in [2.05, 4.69) is 9.44 Å². The fraction of sp³-hybridized carbons (Fsp3) is 1.00. The van der Waals surface area contributed by atoms with Crippen molar-refractivity contribution in [3.05, 3.63) is 0 Å². The van der Waals surface area contributed by atoms with Gasteiger partial charge in [0.05, 0.1) is 0 Å². The van der Waals surface area contributed by atoms with Crippen LogP contribution in [0.4, 0.5) is 0 Å². The molecule has 0 rings (SSSR count). The highest BCUT2D eigenvalue weighted by Crippen LogP contribution is 1.79. The molecule has 0 aromatic rings. The summed E-state index contributed by atoms with van der Waals surface area (Å²) in [7, 11) is -1.85. The van der Waals surface area contributed by atoms with Gasteiger partial charge in [0, 0.05) is 13.1 Å². The zero-order valence-electron chi connectivity index (χ0n) is 5.80. The summed E-state index contributed by atoms with van der Waals surface area (Å²) in [6.45, 7) is 3.52. The Morgan fingerprint density at radius 1 is 1.33 bits per heavy atom. The molecule has 4 nitrogen and oxygen atoms in total. The molecule has 0 aromatic carbocycles. The van der Waals surface area contributed by atoms with Crippen LogP contribution in [0.1, 0.15) is 13.8 Å². The number of rotatable bonds is 3. The first kappa shape index (κ1) is 8.87. The average Bonchev–Trinajstić information content (AvgIpc) is 1.63. The Morgan fingerprint density at radius 3 is 1.89 bits per heavy atom. The fourth-order valence-corrected chi connectivity index (χ4v) is 1.11. The molecule has 9 heavy (non-hydrogen) atoms. The van der Waals surface area contributed by atoms with Gasteiger partial charge in [0.1, 0.15) is 0 Å². The largest absolute Gasteiger partial charge is 0.276 e. The summed E-state index contributed by atoms with van der Waals surface area (Å²) in [5.41, 5.74) is 0. The molecule has 0 fully saturated rings. The molecule has 0 bridgehead atoms. The standard InChI is InChI=1S/C4H12N2O2S/c1-4(2)6-9(7,8)5-3/h4-6H,1-3H3. The molecule has 0 saturated heterocycles. The molecule has 2 N–H and O–H groups in total. The van der Waals surface area contributed by atoms with E-state index in [0.717, 1.165) is 0 Å². The van der Waals surface area contributed by atoms with Gasteiger partial charge in [-0.05, 0) is 13.8 Å². The van der Waals surface area contributed by atoms with E-state index < -0.39 is 10.2 Å². The van der Waals surface area contributed by atoms with Gasteiger partial charge in [-0.15, -0.1) is 0 Å². The third-order valence-corrected chi connectivity index (χ3v) is 1.98. The van der Waals surface area contributed by atoms with Crippen LogP contribution in [-0.4, -0.2) is 21.5 Å². The monoisotopic (exact) mass is 152 g/mol. The fourth-order valence-electron chi connectivity index (χ4n) is 0.369. The van der Waals surface area contributed by atoms with E-state index in [-0.39, 0.29) is 6.04 Å². The first-order valence-corrected chi connectivity index (χ1v) is 4.17. The van der Waals surface area contributed by atoms with Crippen molar-refractivity contribution in [3.8, 4) is 0 Å². The minimum atomic E-state index is -3.22. The molecule has 0 radical (unpaired) electrons. The van der Waals surface area contributed by atoms with Gasteiger partial charge in [0.15, 0.2) is 0 Å². The summed E-state index contributed by atoms with van der Waals surface area (Å²) in [6, 6.07) is -0.0533. The van der Waals surface area contributed by atoms with Crippen LogP contribution in [0.3, 0.4) is 0 Å². The Morgan fingerprint density at radius 2 is 1.78 bits per heavy atom. The van der Waals surface area contributed by atoms with Crippen LogP contribution in [0.2, 0.25) is 0 Å². The van der Waals surface area contributed by atoms with Gasteiger partial charge in [0.2, 0.25) is 0 Å². The zero-order chi connectivity index (χ0) is 7.49. The van der Waals surface area contributed by atoms with Crippen molar-refractivity contribution >= 4 is 10.2 Å². The van der Waals surface area contributed by atoms with Gasteiger partial charge in [-0.2, -0.15) is 13.1 Å². The first-order valence-electron chi connectivity index (χ1n) is 2.68. The van der Waals surface area contributed by atoms with E-state index in [0.29, 0.717) is 0 Å². The van der Waals surface area contributed by atoms with Gasteiger partial charge < -0.3 is 0 Å². The number of hydrogen-bond acceptors (Lipinski definition) is 2. The molecular formula is C4H12N2O2S. The lowest BCUT2D eigenvalue weighted by molar-refractivity contribution is 0.561. The molecule has 0 unspecified atom stereocenters. The van der Waals surface area contributed by atoms with Crippen LogP contribution < -0.4 is 9.44 Å². The molecule has 0 saturated carbocycles. The molecule has 5 heteroatoms. The lowest BCUT2D eigenvalue weighted by atomic mass is 10.4. The first-order chi connectivity index (χ1) is 3.98. The third-order valence-electron chi connectivity index (χ3n) is 0.660. The molecule has 0 atom stereocenters. The average molecular weight is 152 g/mol. The summed E-state index contributed by atoms with van der Waals surface area (Å²) in [6.07, 6.45) is 0. The smallest absolute Gasteiger partial charge is 0.205 e. The van der Waals surface area contributed by atoms with Crippen molar-refractivity contribution in [2.24, 2.45) is 0 Å². The second-order valence-corrected chi connectivity index (χ2v) is 3.63. The molecule has 0 spiro atoms. The SMILES string of the molecule is CNS(=O)(=O)NC(C)C. The van der Waals surface area contributed by atoms with Gasteiger partial charge >= 0.3 is 0 Å². The van der Waals surface area contributed by atoms with Crippen LogP contribution in [0.25, 0.3) is 0 Å². The van der Waals surface area contributed by atoms with E-state index in [1.165, 1.54) is 7.05 Å². The van der Waals surface area contributed by atoms with Crippen molar-refractivity contribution in [3.63, 3.8) is 0 Å². The minimum absolute atomic E-state index is 0.0533. The lowest BCUT2D eigenvalue weighted by Crippen LogP contribution is -2.38. The van der Waals surface area contributed by atoms with E-state index in [1.54, 1.807) is 13.8 Å². The number of nitrogens with one attached hydrogen (secondary N) is 2. The van der Waals surface area contributed by atoms with Gasteiger partial charge in [-0.3, -0.25) is 0 Å². The van der Waals surface area contributed by atoms with Crippen molar-refractivity contribution in [1.82, 2.24) is 9.44 Å². The summed E-state index contributed by atoms with van der Waals surface area (Å²) < 4.78 is 25.6. The number of hydrogen-bond donors (Lipinski definition) is 2. The highest BCUT2D eigenvalue weighted by molar-refractivity contribution is 7.87. The molecular weight excluding hydrogens is 140 g/mol. The topological polar surface area (TPSA) is 58.2 Å². The van der Waals surface area contributed by atoms with Crippen molar-refractivity contribution in [1.29, 1.82) is 0 Å². The predicted octanol–water partition coefficient (Wildman–Crippen LogP) is -0.551. The van der Waals surface area contributed by atoms with Crippen molar-refractivity contribution in [2.45, 2.75) is 19.9 Å². The molecule has 0 aliphatic heterocycles. The Balaban J connectivity index is 3.90. The molecule has 0 heterocycles. The van der Waals surface area contributed by atoms with E-state index in [1.807, 2.05) is 0 Å². The quantitative estimate of drug-likeness (QED) is 0.570. The Kier molecular flexibility index (Phi) is 3.10. The second kappa shape index (κ2) is 3.14. The van der Waals surface area contributed by atoms with E-state index in [4.69, 9.17) is 0 Å². The van der Waals surface area contributed by atoms with Gasteiger partial charge in [0.25, 0.3) is 10.2 Å². The molecule has 0 amide bonds. The van der Waals surface area contributed by atoms with Crippen LogP contribution in [0, 0.1) is 0 Å². The van der Waals surface area contributed by atoms with Crippen LogP contribution in [-0.2, 0) is 10.2 Å². The molecule has 56 valence electrons. The lowest BCUT2D eigenvalue weighted by Gasteiger charge is -2.06. The van der Waals surface area contributed by atoms with Crippen molar-refractivity contribution in [2.75, 3.05) is 7.05 Å². The van der Waals surface area contributed by atoms with Crippen molar-refractivity contribution < 1.29 is 8.42 Å². The van der Waals surface area contributed by atoms with Crippen LogP contribution in [0.5, 0.6) is 0 Å². The Bertz CT molecular complexity index is 161. The van der Waals surface area contributed by atoms with E-state index in [9.17, 15) is 8.42 Å². The Labute approximate surface area is 55.8 Å². The highest BCUT2D eigenvalue weighted by Gasteiger charge is 2.05. The normalized spacial score (nSPS) is 12.4. The summed E-state index contributed by atoms with van der Waals surface area (Å²) >= 11 is 0. The molecule has 0 aliphatic carbocycles. The maximum absolute atomic E-state index is 10.6. The highest BCUT2D eigenvalue weighted by atomic mass is 32.2. The minimum Gasteiger partial charge on any atom is -0.205 e. The second-order valence-electron chi connectivity index (χ2n) is 1.98. The summed E-state index contributed by atoms with van der Waals surface area (Å²) in [5, 5.41) is 0. The molecule has 0 aromatic heterocycles. The third kappa shape index (κ3) is 4.38. The van der Waals surface area contributed by atoms with E-state index >= 15 is 0 Å². The zero-order valence-corrected chi connectivity index (χ0v) is 6.62. The summed E-state index contributed by atoms with van der Waals surface area (Å²) in [5.74, 6) is 0. The van der Waals surface area contributed by atoms with Gasteiger partial charge in [-0.25, -0.2) is 4.72 Å². The van der Waals surface area contributed by atoms with Crippen LogP contribution in [0.15, 0.2) is 0 Å². The summed E-state index contributed by atoms with van der Waals surface area (Å²) in [4.78, 5) is 0.